The summed E-state index contributed by atoms with van der Waals surface area (Å²) in [4.78, 5) is 35.1. The summed E-state index contributed by atoms with van der Waals surface area (Å²) < 4.78 is 0. The van der Waals surface area contributed by atoms with Gasteiger partial charge in [0.25, 0.3) is 0 Å². The fraction of sp³-hybridized carbons (Fsp3) is 0.438. The van der Waals surface area contributed by atoms with E-state index in [-0.39, 0.29) is 17.3 Å². The first kappa shape index (κ1) is 15.3. The van der Waals surface area contributed by atoms with Crippen LogP contribution < -0.4 is 0 Å². The molecule has 3 heteroatoms. The van der Waals surface area contributed by atoms with Crippen molar-refractivity contribution in [2.75, 3.05) is 0 Å². The molecule has 0 spiro atoms. The van der Waals surface area contributed by atoms with Gasteiger partial charge in [-0.3, -0.25) is 14.4 Å². The molecule has 0 aliphatic rings. The third kappa shape index (κ3) is 3.60. The molecular weight excluding hydrogens is 240 g/mol. The van der Waals surface area contributed by atoms with Gasteiger partial charge >= 0.3 is 0 Å². The van der Waals surface area contributed by atoms with E-state index >= 15 is 0 Å². The van der Waals surface area contributed by atoms with Gasteiger partial charge in [0, 0.05) is 16.7 Å². The first-order valence-corrected chi connectivity index (χ1v) is 6.43. The van der Waals surface area contributed by atoms with Crippen LogP contribution in [0.2, 0.25) is 0 Å². The molecule has 0 aliphatic carbocycles. The Labute approximate surface area is 114 Å². The van der Waals surface area contributed by atoms with Gasteiger partial charge in [-0.1, -0.05) is 13.8 Å². The highest BCUT2D eigenvalue weighted by molar-refractivity contribution is 6.06. The molecule has 0 radical (unpaired) electrons. The van der Waals surface area contributed by atoms with E-state index in [4.69, 9.17) is 0 Å². The van der Waals surface area contributed by atoms with Crippen molar-refractivity contribution in [2.24, 2.45) is 5.92 Å². The van der Waals surface area contributed by atoms with E-state index < -0.39 is 0 Å². The molecule has 1 aromatic carbocycles. The number of hydrogen-bond acceptors (Lipinski definition) is 3. The number of rotatable bonds is 5. The Balaban J connectivity index is 3.60. The van der Waals surface area contributed by atoms with Gasteiger partial charge in [0.1, 0.15) is 0 Å². The molecule has 1 rings (SSSR count). The predicted molar refractivity (Wildman–Crippen MR) is 75.0 cm³/mol. The van der Waals surface area contributed by atoms with Crippen LogP contribution in [0.1, 0.15) is 71.3 Å². The van der Waals surface area contributed by atoms with Gasteiger partial charge in [0.15, 0.2) is 17.3 Å². The van der Waals surface area contributed by atoms with Gasteiger partial charge in [0.05, 0.1) is 0 Å². The van der Waals surface area contributed by atoms with E-state index in [1.54, 1.807) is 12.1 Å². The lowest BCUT2D eigenvalue weighted by atomic mass is 9.88. The van der Waals surface area contributed by atoms with Crippen LogP contribution in [0.4, 0.5) is 0 Å². The molecule has 102 valence electrons. The molecule has 0 atom stereocenters. The van der Waals surface area contributed by atoms with E-state index in [2.05, 4.69) is 0 Å². The van der Waals surface area contributed by atoms with E-state index in [0.29, 0.717) is 29.0 Å². The van der Waals surface area contributed by atoms with Gasteiger partial charge in [-0.05, 0) is 50.8 Å². The van der Waals surface area contributed by atoms with Crippen molar-refractivity contribution in [3.8, 4) is 0 Å². The Morgan fingerprint density at radius 3 is 1.58 bits per heavy atom. The summed E-state index contributed by atoms with van der Waals surface area (Å²) >= 11 is 0. The van der Waals surface area contributed by atoms with Gasteiger partial charge in [0.2, 0.25) is 0 Å². The molecule has 0 aliphatic heterocycles. The van der Waals surface area contributed by atoms with Crippen LogP contribution in [-0.2, 0) is 6.42 Å². The predicted octanol–water partition coefficient (Wildman–Crippen LogP) is 3.49. The number of benzene rings is 1. The zero-order chi connectivity index (χ0) is 14.7. The molecule has 0 saturated carbocycles. The second-order valence-electron chi connectivity index (χ2n) is 5.32. The zero-order valence-corrected chi connectivity index (χ0v) is 12.2. The maximum Gasteiger partial charge on any atom is 0.160 e. The van der Waals surface area contributed by atoms with Crippen LogP contribution in [-0.4, -0.2) is 17.3 Å². The average Bonchev–Trinajstić information content (AvgIpc) is 2.27. The topological polar surface area (TPSA) is 51.2 Å². The Morgan fingerprint density at radius 2 is 1.32 bits per heavy atom. The number of ketones is 3. The summed E-state index contributed by atoms with van der Waals surface area (Å²) in [6, 6.07) is 3.21. The highest BCUT2D eigenvalue weighted by Gasteiger charge is 2.18. The van der Waals surface area contributed by atoms with Crippen LogP contribution in [0.25, 0.3) is 0 Å². The largest absolute Gasteiger partial charge is 0.295 e. The molecule has 0 fully saturated rings. The number of carbonyl (C=O) groups excluding carboxylic acids is 3. The van der Waals surface area contributed by atoms with Crippen molar-refractivity contribution in [2.45, 2.75) is 41.0 Å². The molecule has 0 unspecified atom stereocenters. The average molecular weight is 260 g/mol. The molecule has 0 aromatic heterocycles. The van der Waals surface area contributed by atoms with E-state index in [0.717, 1.165) is 5.56 Å². The Kier molecular flexibility index (Phi) is 4.76. The maximum absolute atomic E-state index is 11.8. The molecule has 1 aromatic rings. The molecule has 0 saturated heterocycles. The Hall–Kier alpha value is -1.77. The van der Waals surface area contributed by atoms with Crippen molar-refractivity contribution in [3.05, 3.63) is 34.4 Å². The number of Topliss-reactive ketones (excluding diaryl/α,β-unsaturated/α-hetero) is 3. The molecule has 0 N–H and O–H groups in total. The lowest BCUT2D eigenvalue weighted by Crippen LogP contribution is -2.12. The lowest BCUT2D eigenvalue weighted by molar-refractivity contribution is 0.101. The highest BCUT2D eigenvalue weighted by Crippen LogP contribution is 2.23. The minimum atomic E-state index is -0.138. The SMILES string of the molecule is CC(=O)c1cc(C(C)=O)c(CC(C)C)c(C(C)=O)c1. The summed E-state index contributed by atoms with van der Waals surface area (Å²) in [5.41, 5.74) is 2.17. The van der Waals surface area contributed by atoms with Gasteiger partial charge in [-0.15, -0.1) is 0 Å². The number of carbonyl (C=O) groups is 3. The molecule has 0 bridgehead atoms. The van der Waals surface area contributed by atoms with E-state index in [9.17, 15) is 14.4 Å². The normalized spacial score (nSPS) is 10.6. The van der Waals surface area contributed by atoms with Gasteiger partial charge in [-0.2, -0.15) is 0 Å². The summed E-state index contributed by atoms with van der Waals surface area (Å²) in [5, 5.41) is 0. The fourth-order valence-electron chi connectivity index (χ4n) is 2.13. The van der Waals surface area contributed by atoms with Gasteiger partial charge < -0.3 is 0 Å². The van der Waals surface area contributed by atoms with Crippen molar-refractivity contribution in [1.29, 1.82) is 0 Å². The summed E-state index contributed by atoms with van der Waals surface area (Å²) in [6.07, 6.45) is 0.655. The second-order valence-corrected chi connectivity index (χ2v) is 5.32. The fourth-order valence-corrected chi connectivity index (χ4v) is 2.13. The Bertz CT molecular complexity index is 504. The summed E-state index contributed by atoms with van der Waals surface area (Å²) in [5.74, 6) is -0.0250. The van der Waals surface area contributed by atoms with Crippen LogP contribution in [0.5, 0.6) is 0 Å². The van der Waals surface area contributed by atoms with Gasteiger partial charge in [-0.25, -0.2) is 0 Å². The van der Waals surface area contributed by atoms with Crippen molar-refractivity contribution in [1.82, 2.24) is 0 Å². The second kappa shape index (κ2) is 5.91. The van der Waals surface area contributed by atoms with E-state index in [1.807, 2.05) is 13.8 Å². The zero-order valence-electron chi connectivity index (χ0n) is 12.2. The molecule has 0 heterocycles. The lowest BCUT2D eigenvalue weighted by Gasteiger charge is -2.15. The first-order chi connectivity index (χ1) is 8.73. The van der Waals surface area contributed by atoms with Crippen molar-refractivity contribution < 1.29 is 14.4 Å². The minimum Gasteiger partial charge on any atom is -0.295 e. The maximum atomic E-state index is 11.8. The smallest absolute Gasteiger partial charge is 0.160 e. The molecule has 3 nitrogen and oxygen atoms in total. The molecule has 19 heavy (non-hydrogen) atoms. The standard InChI is InChI=1S/C16H20O3/c1-9(2)6-16-14(11(4)18)7-13(10(3)17)8-15(16)12(5)19/h7-9H,6H2,1-5H3. The van der Waals surface area contributed by atoms with Crippen molar-refractivity contribution >= 4 is 17.3 Å². The van der Waals surface area contributed by atoms with Crippen LogP contribution in [0.3, 0.4) is 0 Å². The third-order valence-corrected chi connectivity index (χ3v) is 3.03. The monoisotopic (exact) mass is 260 g/mol. The highest BCUT2D eigenvalue weighted by atomic mass is 16.1. The van der Waals surface area contributed by atoms with Crippen molar-refractivity contribution in [3.63, 3.8) is 0 Å². The summed E-state index contributed by atoms with van der Waals surface area (Å²) in [6.45, 7) is 8.44. The summed E-state index contributed by atoms with van der Waals surface area (Å²) in [7, 11) is 0. The van der Waals surface area contributed by atoms with Crippen LogP contribution >= 0.6 is 0 Å². The van der Waals surface area contributed by atoms with E-state index in [1.165, 1.54) is 20.8 Å². The number of hydrogen-bond donors (Lipinski definition) is 0. The molecular formula is C16H20O3. The quantitative estimate of drug-likeness (QED) is 0.761. The Morgan fingerprint density at radius 1 is 0.895 bits per heavy atom. The minimum absolute atomic E-state index is 0.110. The van der Waals surface area contributed by atoms with Crippen LogP contribution in [0.15, 0.2) is 12.1 Å². The van der Waals surface area contributed by atoms with Crippen LogP contribution in [0, 0.1) is 5.92 Å². The first-order valence-electron chi connectivity index (χ1n) is 6.43. The third-order valence-electron chi connectivity index (χ3n) is 3.03. The molecule has 0 amide bonds.